The van der Waals surface area contributed by atoms with Gasteiger partial charge in [0.1, 0.15) is 5.75 Å². The number of nitrogens with zero attached hydrogens (tertiary/aromatic N) is 2. The van der Waals surface area contributed by atoms with Gasteiger partial charge in [-0.15, -0.1) is 0 Å². The van der Waals surface area contributed by atoms with Gasteiger partial charge in [0.25, 0.3) is 0 Å². The molecule has 2 heterocycles. The summed E-state index contributed by atoms with van der Waals surface area (Å²) in [7, 11) is 0. The van der Waals surface area contributed by atoms with Crippen LogP contribution in [0.25, 0.3) is 11.3 Å². The third kappa shape index (κ3) is 7.31. The predicted molar refractivity (Wildman–Crippen MR) is 138 cm³/mol. The summed E-state index contributed by atoms with van der Waals surface area (Å²) in [5.74, 6) is -1.48. The molecule has 2 aliphatic rings. The molecule has 188 valence electrons. The fourth-order valence-electron chi connectivity index (χ4n) is 4.63. The molecule has 7 heteroatoms. The normalized spacial score (nSPS) is 13.7. The number of fused-ring (bicyclic) bond motifs is 5. The molecule has 1 aromatic heterocycles. The highest BCUT2D eigenvalue weighted by atomic mass is 16.5. The Bertz CT molecular complexity index is 1080. The Morgan fingerprint density at radius 3 is 2.40 bits per heavy atom. The van der Waals surface area contributed by atoms with Crippen LogP contribution in [0.3, 0.4) is 0 Å². The van der Waals surface area contributed by atoms with Crippen LogP contribution in [-0.2, 0) is 29.0 Å². The second-order valence-electron chi connectivity index (χ2n) is 8.97. The largest absolute Gasteiger partial charge is 0.494 e. The van der Waals surface area contributed by atoms with E-state index in [1.807, 2.05) is 0 Å². The van der Waals surface area contributed by atoms with E-state index in [0.29, 0.717) is 12.2 Å². The number of carboxylic acid groups (broad SMARTS) is 2. The molecule has 2 N–H and O–H groups in total. The van der Waals surface area contributed by atoms with Gasteiger partial charge in [-0.25, -0.2) is 9.59 Å². The number of aliphatic imine (C=N–C) groups is 1. The summed E-state index contributed by atoms with van der Waals surface area (Å²) >= 11 is 0. The lowest BCUT2D eigenvalue weighted by atomic mass is 9.90. The fraction of sp³-hybridized carbons (Fsp3) is 0.464. The van der Waals surface area contributed by atoms with Crippen molar-refractivity contribution in [2.24, 2.45) is 4.99 Å². The number of aryl methyl sites for hydroxylation is 2. The monoisotopic (exact) mass is 480 g/mol. The molecule has 4 rings (SSSR count). The highest BCUT2D eigenvalue weighted by Gasteiger charge is 2.25. The quantitative estimate of drug-likeness (QED) is 0.344. The van der Waals surface area contributed by atoms with Gasteiger partial charge in [0.2, 0.25) is 0 Å². The number of hydrogen-bond donors (Lipinski definition) is 2. The van der Waals surface area contributed by atoms with Crippen molar-refractivity contribution in [2.75, 3.05) is 13.2 Å². The fourth-order valence-corrected chi connectivity index (χ4v) is 4.63. The summed E-state index contributed by atoms with van der Waals surface area (Å²) in [5, 5.41) is 15.6. The summed E-state index contributed by atoms with van der Waals surface area (Å²) in [6.07, 6.45) is 11.2. The van der Waals surface area contributed by atoms with Crippen LogP contribution in [0.2, 0.25) is 0 Å². The first-order chi connectivity index (χ1) is 16.9. The SMILES string of the molecule is CCCCCCCCOc1ccc2c(c1)CCc1cc3n(c1-2)CCN=C3C.O=C(O)C=CC(=O)O. The molecule has 0 spiro atoms. The van der Waals surface area contributed by atoms with Crippen LogP contribution in [0.15, 0.2) is 41.4 Å². The van der Waals surface area contributed by atoms with Crippen LogP contribution < -0.4 is 4.74 Å². The Labute approximate surface area is 207 Å². The van der Waals surface area contributed by atoms with Crippen molar-refractivity contribution in [3.8, 4) is 17.0 Å². The van der Waals surface area contributed by atoms with Gasteiger partial charge in [0.15, 0.2) is 0 Å². The number of aliphatic carboxylic acids is 2. The van der Waals surface area contributed by atoms with Crippen molar-refractivity contribution >= 4 is 17.7 Å². The zero-order chi connectivity index (χ0) is 25.2. The molecule has 0 atom stereocenters. The molecule has 2 aromatic rings. The second-order valence-corrected chi connectivity index (χ2v) is 8.97. The van der Waals surface area contributed by atoms with Crippen LogP contribution in [-0.4, -0.2) is 45.6 Å². The van der Waals surface area contributed by atoms with Crippen molar-refractivity contribution in [1.82, 2.24) is 4.57 Å². The summed E-state index contributed by atoms with van der Waals surface area (Å²) < 4.78 is 8.53. The van der Waals surface area contributed by atoms with Crippen LogP contribution in [0.1, 0.15) is 69.2 Å². The first-order valence-corrected chi connectivity index (χ1v) is 12.5. The van der Waals surface area contributed by atoms with Crippen molar-refractivity contribution < 1.29 is 24.5 Å². The standard InChI is InChI=1S/C24H32N2O.C4H4O4/c1-3-4-5-6-7-8-15-27-21-11-12-22-19(16-21)9-10-20-17-23-18(2)25-13-14-26(23)24(20)22;5-3(6)1-2-4(7)8/h11-12,16-17H,3-10,13-15H2,1-2H3;1-2H,(H,5,6)(H,7,8). The lowest BCUT2D eigenvalue weighted by molar-refractivity contribution is -0.134. The van der Waals surface area contributed by atoms with E-state index >= 15 is 0 Å². The Morgan fingerprint density at radius 2 is 1.69 bits per heavy atom. The number of carbonyl (C=O) groups is 2. The van der Waals surface area contributed by atoms with E-state index in [9.17, 15) is 9.59 Å². The molecule has 0 unspecified atom stereocenters. The van der Waals surface area contributed by atoms with Crippen LogP contribution >= 0.6 is 0 Å². The molecular weight excluding hydrogens is 444 g/mol. The van der Waals surface area contributed by atoms with Gasteiger partial charge in [0.05, 0.1) is 30.3 Å². The first kappa shape index (κ1) is 26.3. The van der Waals surface area contributed by atoms with E-state index in [0.717, 1.165) is 44.7 Å². The maximum Gasteiger partial charge on any atom is 0.328 e. The number of hydrogen-bond acceptors (Lipinski definition) is 4. The van der Waals surface area contributed by atoms with Crippen LogP contribution in [0.5, 0.6) is 5.75 Å². The molecule has 35 heavy (non-hydrogen) atoms. The average Bonchev–Trinajstić information content (AvgIpc) is 3.23. The molecule has 0 radical (unpaired) electrons. The number of benzene rings is 1. The predicted octanol–water partition coefficient (Wildman–Crippen LogP) is 5.53. The number of carboxylic acids is 2. The van der Waals surface area contributed by atoms with Crippen molar-refractivity contribution in [3.63, 3.8) is 0 Å². The molecule has 1 aliphatic heterocycles. The Morgan fingerprint density at radius 1 is 1.00 bits per heavy atom. The van der Waals surface area contributed by atoms with Gasteiger partial charge in [-0.05, 0) is 61.6 Å². The zero-order valence-corrected chi connectivity index (χ0v) is 20.8. The number of unbranched alkanes of at least 4 members (excludes halogenated alkanes) is 5. The molecular formula is C28H36N2O5. The van der Waals surface area contributed by atoms with Crippen molar-refractivity contribution in [2.45, 2.75) is 71.8 Å². The highest BCUT2D eigenvalue weighted by molar-refractivity contribution is 5.99. The maximum absolute atomic E-state index is 9.55. The van der Waals surface area contributed by atoms with E-state index < -0.39 is 11.9 Å². The molecule has 0 amide bonds. The molecule has 0 saturated carbocycles. The molecule has 0 saturated heterocycles. The summed E-state index contributed by atoms with van der Waals surface area (Å²) in [5.41, 5.74) is 8.21. The number of rotatable bonds is 10. The highest BCUT2D eigenvalue weighted by Crippen LogP contribution is 2.38. The first-order valence-electron chi connectivity index (χ1n) is 12.5. The van der Waals surface area contributed by atoms with Gasteiger partial charge >= 0.3 is 11.9 Å². The second kappa shape index (κ2) is 12.9. The minimum absolute atomic E-state index is 0.558. The van der Waals surface area contributed by atoms with Crippen LogP contribution in [0, 0.1) is 0 Å². The van der Waals surface area contributed by atoms with E-state index in [2.05, 4.69) is 47.7 Å². The summed E-state index contributed by atoms with van der Waals surface area (Å²) in [6.45, 7) is 7.13. The maximum atomic E-state index is 9.55. The third-order valence-electron chi connectivity index (χ3n) is 6.35. The number of ether oxygens (including phenoxy) is 1. The van der Waals surface area contributed by atoms with Gasteiger partial charge in [-0.1, -0.05) is 39.0 Å². The zero-order valence-electron chi connectivity index (χ0n) is 20.8. The van der Waals surface area contributed by atoms with Crippen molar-refractivity contribution in [1.29, 1.82) is 0 Å². The molecule has 0 fully saturated rings. The van der Waals surface area contributed by atoms with Gasteiger partial charge < -0.3 is 19.5 Å². The molecule has 1 aromatic carbocycles. The average molecular weight is 481 g/mol. The Kier molecular flexibility index (Phi) is 9.70. The van der Waals surface area contributed by atoms with Gasteiger partial charge in [0, 0.05) is 24.3 Å². The van der Waals surface area contributed by atoms with E-state index in [4.69, 9.17) is 14.9 Å². The van der Waals surface area contributed by atoms with Crippen LogP contribution in [0.4, 0.5) is 0 Å². The Balaban J connectivity index is 0.000000371. The van der Waals surface area contributed by atoms with E-state index in [1.54, 1.807) is 0 Å². The minimum atomic E-state index is -1.26. The lowest BCUT2D eigenvalue weighted by Crippen LogP contribution is -2.17. The minimum Gasteiger partial charge on any atom is -0.494 e. The van der Waals surface area contributed by atoms with Gasteiger partial charge in [-0.3, -0.25) is 4.99 Å². The molecule has 0 bridgehead atoms. The molecule has 1 aliphatic carbocycles. The number of aromatic nitrogens is 1. The summed E-state index contributed by atoms with van der Waals surface area (Å²) in [4.78, 5) is 23.7. The lowest BCUT2D eigenvalue weighted by Gasteiger charge is -2.22. The smallest absolute Gasteiger partial charge is 0.328 e. The van der Waals surface area contributed by atoms with E-state index in [1.165, 1.54) is 65.9 Å². The summed E-state index contributed by atoms with van der Waals surface area (Å²) in [6, 6.07) is 9.07. The van der Waals surface area contributed by atoms with Crippen molar-refractivity contribution in [3.05, 3.63) is 53.2 Å². The topological polar surface area (TPSA) is 101 Å². The Hall–Kier alpha value is -3.35. The van der Waals surface area contributed by atoms with E-state index in [-0.39, 0.29) is 0 Å². The van der Waals surface area contributed by atoms with Gasteiger partial charge in [-0.2, -0.15) is 0 Å². The third-order valence-corrected chi connectivity index (χ3v) is 6.35. The molecule has 7 nitrogen and oxygen atoms in total.